The van der Waals surface area contributed by atoms with Gasteiger partial charge in [-0.15, -0.1) is 0 Å². The van der Waals surface area contributed by atoms with Gasteiger partial charge in [-0.1, -0.05) is 41.9 Å². The van der Waals surface area contributed by atoms with Gasteiger partial charge in [0.05, 0.1) is 11.3 Å². The standard InChI is InChI=1S/C22H19ClF3N3O5/c1-21(2)19(32)29(20(33)28-21)11-16(30)34-17(12-6-4-3-5-7-12)18(31)27-15-9-8-13(23)10-14(15)22(24,25)26/h3-10,17H,11H2,1-2H3,(H,27,31)(H,28,33)/t17-/m0/s1. The van der Waals surface area contributed by atoms with E-state index in [2.05, 4.69) is 10.6 Å². The second-order valence-corrected chi connectivity index (χ2v) is 8.34. The Hall–Kier alpha value is -3.60. The quantitative estimate of drug-likeness (QED) is 0.465. The third-order valence-electron chi connectivity index (χ3n) is 4.87. The summed E-state index contributed by atoms with van der Waals surface area (Å²) in [6, 6.07) is 9.53. The first kappa shape index (κ1) is 25.0. The summed E-state index contributed by atoms with van der Waals surface area (Å²) in [6.45, 7) is 2.10. The Morgan fingerprint density at radius 1 is 1.15 bits per heavy atom. The van der Waals surface area contributed by atoms with Crippen molar-refractivity contribution in [3.63, 3.8) is 0 Å². The number of alkyl halides is 3. The maximum absolute atomic E-state index is 13.4. The smallest absolute Gasteiger partial charge is 0.418 e. The molecule has 0 radical (unpaired) electrons. The molecule has 180 valence electrons. The van der Waals surface area contributed by atoms with Crippen molar-refractivity contribution in [3.05, 3.63) is 64.7 Å². The maximum Gasteiger partial charge on any atom is 0.418 e. The van der Waals surface area contributed by atoms with E-state index < -0.39 is 59.4 Å². The van der Waals surface area contributed by atoms with Crippen molar-refractivity contribution >= 4 is 41.1 Å². The number of esters is 1. The highest BCUT2D eigenvalue weighted by molar-refractivity contribution is 6.30. The second-order valence-electron chi connectivity index (χ2n) is 7.90. The molecular weight excluding hydrogens is 479 g/mol. The van der Waals surface area contributed by atoms with Crippen LogP contribution in [0.2, 0.25) is 5.02 Å². The van der Waals surface area contributed by atoms with E-state index in [1.165, 1.54) is 38.1 Å². The summed E-state index contributed by atoms with van der Waals surface area (Å²) in [5.41, 5.74) is -2.84. The average Bonchev–Trinajstić information content (AvgIpc) is 2.94. The lowest BCUT2D eigenvalue weighted by atomic mass is 10.1. The highest BCUT2D eigenvalue weighted by Gasteiger charge is 2.45. The van der Waals surface area contributed by atoms with Gasteiger partial charge in [0.1, 0.15) is 12.1 Å². The summed E-state index contributed by atoms with van der Waals surface area (Å²) in [7, 11) is 0. The van der Waals surface area contributed by atoms with E-state index in [1.807, 2.05) is 0 Å². The van der Waals surface area contributed by atoms with Crippen LogP contribution in [0.15, 0.2) is 48.5 Å². The number of benzene rings is 2. The molecule has 12 heteroatoms. The number of amides is 4. The van der Waals surface area contributed by atoms with Crippen molar-refractivity contribution in [2.75, 3.05) is 11.9 Å². The molecule has 0 aliphatic carbocycles. The van der Waals surface area contributed by atoms with Crippen LogP contribution < -0.4 is 10.6 Å². The lowest BCUT2D eigenvalue weighted by molar-refractivity contribution is -0.156. The van der Waals surface area contributed by atoms with Crippen LogP contribution >= 0.6 is 11.6 Å². The van der Waals surface area contributed by atoms with Gasteiger partial charge in [0.25, 0.3) is 11.8 Å². The van der Waals surface area contributed by atoms with Gasteiger partial charge in [0, 0.05) is 10.6 Å². The molecule has 8 nitrogen and oxygen atoms in total. The van der Waals surface area contributed by atoms with Gasteiger partial charge in [0.15, 0.2) is 0 Å². The van der Waals surface area contributed by atoms with Crippen molar-refractivity contribution in [2.45, 2.75) is 31.7 Å². The van der Waals surface area contributed by atoms with Crippen LogP contribution in [0, 0.1) is 0 Å². The molecular formula is C22H19ClF3N3O5. The van der Waals surface area contributed by atoms with Gasteiger partial charge in [-0.3, -0.25) is 19.3 Å². The summed E-state index contributed by atoms with van der Waals surface area (Å²) < 4.78 is 45.4. The van der Waals surface area contributed by atoms with Crippen LogP contribution in [0.3, 0.4) is 0 Å². The molecule has 3 rings (SSSR count). The van der Waals surface area contributed by atoms with Gasteiger partial charge < -0.3 is 15.4 Å². The molecule has 2 aromatic rings. The topological polar surface area (TPSA) is 105 Å². The molecule has 0 saturated carbocycles. The number of anilines is 1. The molecule has 4 amide bonds. The zero-order valence-electron chi connectivity index (χ0n) is 17.9. The highest BCUT2D eigenvalue weighted by Crippen LogP contribution is 2.37. The SMILES string of the molecule is CC1(C)NC(=O)N(CC(=O)O[C@H](C(=O)Nc2ccc(Cl)cc2C(F)(F)F)c2ccccc2)C1=O. The average molecular weight is 498 g/mol. The normalized spacial score (nSPS) is 16.1. The Kier molecular flexibility index (Phi) is 6.87. The molecule has 0 unspecified atom stereocenters. The number of hydrogen-bond donors (Lipinski definition) is 2. The fourth-order valence-corrected chi connectivity index (χ4v) is 3.39. The molecule has 0 spiro atoms. The van der Waals surface area contributed by atoms with Gasteiger partial charge in [-0.25, -0.2) is 4.79 Å². The molecule has 1 fully saturated rings. The van der Waals surface area contributed by atoms with E-state index >= 15 is 0 Å². The largest absolute Gasteiger partial charge is 0.446 e. The van der Waals surface area contributed by atoms with Crippen molar-refractivity contribution in [1.82, 2.24) is 10.2 Å². The van der Waals surface area contributed by atoms with Crippen molar-refractivity contribution in [1.29, 1.82) is 0 Å². The van der Waals surface area contributed by atoms with Crippen LogP contribution in [-0.4, -0.2) is 40.8 Å². The van der Waals surface area contributed by atoms with Crippen molar-refractivity contribution in [3.8, 4) is 0 Å². The molecule has 34 heavy (non-hydrogen) atoms. The fourth-order valence-electron chi connectivity index (χ4n) is 3.22. The maximum atomic E-state index is 13.4. The molecule has 0 aromatic heterocycles. The van der Waals surface area contributed by atoms with E-state index in [0.29, 0.717) is 11.0 Å². The zero-order valence-corrected chi connectivity index (χ0v) is 18.7. The van der Waals surface area contributed by atoms with E-state index in [-0.39, 0.29) is 10.6 Å². The lowest BCUT2D eigenvalue weighted by Crippen LogP contribution is -2.41. The molecule has 1 aliphatic heterocycles. The molecule has 1 aliphatic rings. The molecule has 0 bridgehead atoms. The third-order valence-corrected chi connectivity index (χ3v) is 5.10. The number of carbonyl (C=O) groups excluding carboxylic acids is 4. The minimum atomic E-state index is -4.82. The number of nitrogens with one attached hydrogen (secondary N) is 2. The second kappa shape index (κ2) is 9.34. The Morgan fingerprint density at radius 2 is 1.79 bits per heavy atom. The Morgan fingerprint density at radius 3 is 2.35 bits per heavy atom. The number of carbonyl (C=O) groups is 4. The number of rotatable bonds is 6. The summed E-state index contributed by atoms with van der Waals surface area (Å²) in [6.07, 6.45) is -6.48. The predicted octanol–water partition coefficient (Wildman–Crippen LogP) is 3.91. The van der Waals surface area contributed by atoms with Gasteiger partial charge in [-0.05, 0) is 32.0 Å². The van der Waals surface area contributed by atoms with Crippen molar-refractivity contribution in [2.24, 2.45) is 0 Å². The van der Waals surface area contributed by atoms with Gasteiger partial charge >= 0.3 is 18.2 Å². The number of nitrogens with zero attached hydrogens (tertiary/aromatic N) is 1. The lowest BCUT2D eigenvalue weighted by Gasteiger charge is -2.21. The first-order valence-electron chi connectivity index (χ1n) is 9.86. The molecule has 2 aromatic carbocycles. The number of imide groups is 1. The van der Waals surface area contributed by atoms with Crippen molar-refractivity contribution < 1.29 is 37.1 Å². The van der Waals surface area contributed by atoms with Crippen LogP contribution in [0.1, 0.15) is 31.1 Å². The Balaban J connectivity index is 1.84. The van der Waals surface area contributed by atoms with E-state index in [4.69, 9.17) is 16.3 Å². The zero-order chi connectivity index (χ0) is 25.3. The van der Waals surface area contributed by atoms with Crippen LogP contribution in [0.5, 0.6) is 0 Å². The fraction of sp³-hybridized carbons (Fsp3) is 0.273. The molecule has 1 atom stereocenters. The van der Waals surface area contributed by atoms with Crippen LogP contribution in [0.25, 0.3) is 0 Å². The first-order valence-corrected chi connectivity index (χ1v) is 10.2. The predicted molar refractivity (Wildman–Crippen MR) is 115 cm³/mol. The van der Waals surface area contributed by atoms with E-state index in [1.54, 1.807) is 6.07 Å². The third kappa shape index (κ3) is 5.48. The minimum Gasteiger partial charge on any atom is -0.446 e. The number of halogens is 4. The Bertz CT molecular complexity index is 1140. The Labute approximate surface area is 197 Å². The summed E-state index contributed by atoms with van der Waals surface area (Å²) in [5.74, 6) is -2.87. The highest BCUT2D eigenvalue weighted by atomic mass is 35.5. The number of ether oxygens (including phenoxy) is 1. The molecule has 2 N–H and O–H groups in total. The summed E-state index contributed by atoms with van der Waals surface area (Å²) >= 11 is 5.66. The van der Waals surface area contributed by atoms with Crippen LogP contribution in [0.4, 0.5) is 23.7 Å². The molecule has 1 heterocycles. The van der Waals surface area contributed by atoms with E-state index in [0.717, 1.165) is 12.1 Å². The van der Waals surface area contributed by atoms with E-state index in [9.17, 15) is 32.3 Å². The monoisotopic (exact) mass is 497 g/mol. The first-order chi connectivity index (χ1) is 15.8. The van der Waals surface area contributed by atoms with Gasteiger partial charge in [0.2, 0.25) is 6.10 Å². The van der Waals surface area contributed by atoms with Gasteiger partial charge in [-0.2, -0.15) is 13.2 Å². The number of urea groups is 1. The summed E-state index contributed by atoms with van der Waals surface area (Å²) in [4.78, 5) is 50.4. The number of hydrogen-bond acceptors (Lipinski definition) is 5. The summed E-state index contributed by atoms with van der Waals surface area (Å²) in [5, 5.41) is 4.33. The van der Waals surface area contributed by atoms with Crippen LogP contribution in [-0.2, 0) is 25.3 Å². The minimum absolute atomic E-state index is 0.161. The molecule has 1 saturated heterocycles.